The summed E-state index contributed by atoms with van der Waals surface area (Å²) in [7, 11) is 1.33. The van der Waals surface area contributed by atoms with Crippen molar-refractivity contribution in [3.05, 3.63) is 12.3 Å². The number of nitrogens with zero attached hydrogens (tertiary/aromatic N) is 2. The molecule has 0 aromatic heterocycles. The third kappa shape index (κ3) is 1.80. The highest BCUT2D eigenvalue weighted by Gasteiger charge is 2.17. The normalized spacial score (nSPS) is 16.2. The topological polar surface area (TPSA) is 41.9 Å². The number of hydrogen-bond acceptors (Lipinski definition) is 3. The maximum atomic E-state index is 10.9. The smallest absolute Gasteiger partial charge is 0.415 e. The molecular formula is C6H7BrN2O2. The van der Waals surface area contributed by atoms with E-state index in [0.717, 1.165) is 0 Å². The molecule has 0 unspecified atom stereocenters. The van der Waals surface area contributed by atoms with Gasteiger partial charge in [-0.15, -0.1) is 0 Å². The van der Waals surface area contributed by atoms with Gasteiger partial charge < -0.3 is 4.74 Å². The first kappa shape index (κ1) is 8.26. The van der Waals surface area contributed by atoms with Gasteiger partial charge in [-0.3, -0.25) is 4.90 Å². The first-order valence-corrected chi connectivity index (χ1v) is 3.79. The molecule has 0 bridgehead atoms. The second kappa shape index (κ2) is 3.52. The summed E-state index contributed by atoms with van der Waals surface area (Å²) in [4.78, 5) is 16.2. The lowest BCUT2D eigenvalue weighted by Crippen LogP contribution is -2.34. The Morgan fingerprint density at radius 3 is 3.18 bits per heavy atom. The molecule has 1 rings (SSSR count). The van der Waals surface area contributed by atoms with Crippen molar-refractivity contribution in [3.63, 3.8) is 0 Å². The maximum absolute atomic E-state index is 10.9. The Bertz CT molecular complexity index is 225. The van der Waals surface area contributed by atoms with Crippen molar-refractivity contribution < 1.29 is 9.53 Å². The van der Waals surface area contributed by atoms with Crippen LogP contribution in [0.5, 0.6) is 0 Å². The van der Waals surface area contributed by atoms with E-state index < -0.39 is 6.09 Å². The summed E-state index contributed by atoms with van der Waals surface area (Å²) in [6.07, 6.45) is 2.98. The van der Waals surface area contributed by atoms with Gasteiger partial charge >= 0.3 is 6.09 Å². The molecular weight excluding hydrogens is 212 g/mol. The molecule has 0 spiro atoms. The summed E-state index contributed by atoms with van der Waals surface area (Å²) < 4.78 is 4.98. The van der Waals surface area contributed by atoms with Crippen LogP contribution in [0.25, 0.3) is 0 Å². The van der Waals surface area contributed by atoms with Gasteiger partial charge in [-0.05, 0) is 22.0 Å². The molecule has 0 aliphatic carbocycles. The number of methoxy groups -OCH3 is 1. The number of ether oxygens (including phenoxy) is 1. The van der Waals surface area contributed by atoms with Gasteiger partial charge in [0.05, 0.1) is 13.7 Å². The molecule has 5 heteroatoms. The largest absolute Gasteiger partial charge is 0.452 e. The molecule has 0 atom stereocenters. The van der Waals surface area contributed by atoms with Crippen molar-refractivity contribution in [2.75, 3.05) is 13.7 Å². The summed E-state index contributed by atoms with van der Waals surface area (Å²) in [5.74, 6) is 0. The molecule has 11 heavy (non-hydrogen) atoms. The van der Waals surface area contributed by atoms with Crippen LogP contribution in [-0.4, -0.2) is 29.4 Å². The second-order valence-corrected chi connectivity index (χ2v) is 2.57. The summed E-state index contributed by atoms with van der Waals surface area (Å²) in [6.45, 7) is 0.497. The SMILES string of the molecule is COC(=O)N1CC=CN=C1Br. The van der Waals surface area contributed by atoms with Crippen molar-refractivity contribution >= 4 is 26.8 Å². The summed E-state index contributed by atoms with van der Waals surface area (Å²) in [5, 5.41) is 0. The van der Waals surface area contributed by atoms with Crippen molar-refractivity contribution in [2.45, 2.75) is 0 Å². The van der Waals surface area contributed by atoms with Crippen LogP contribution in [0.1, 0.15) is 0 Å². The van der Waals surface area contributed by atoms with Crippen molar-refractivity contribution in [2.24, 2.45) is 4.99 Å². The van der Waals surface area contributed by atoms with Crippen LogP contribution in [0.2, 0.25) is 0 Å². The molecule has 1 amide bonds. The number of rotatable bonds is 0. The molecule has 0 N–H and O–H groups in total. The van der Waals surface area contributed by atoms with E-state index in [1.807, 2.05) is 0 Å². The van der Waals surface area contributed by atoms with Gasteiger partial charge in [-0.2, -0.15) is 0 Å². The molecule has 1 aliphatic rings. The standard InChI is InChI=1S/C6H7BrN2O2/c1-11-6(10)9-4-2-3-8-5(9)7/h2-3H,4H2,1H3. The molecule has 0 radical (unpaired) electrons. The minimum Gasteiger partial charge on any atom is -0.452 e. The Morgan fingerprint density at radius 2 is 2.64 bits per heavy atom. The van der Waals surface area contributed by atoms with Gasteiger partial charge in [0.1, 0.15) is 0 Å². The van der Waals surface area contributed by atoms with E-state index in [0.29, 0.717) is 11.3 Å². The van der Waals surface area contributed by atoms with E-state index in [9.17, 15) is 4.79 Å². The number of aliphatic imine (C=N–C) groups is 1. The second-order valence-electron chi connectivity index (χ2n) is 1.86. The van der Waals surface area contributed by atoms with E-state index in [-0.39, 0.29) is 0 Å². The molecule has 0 saturated heterocycles. The van der Waals surface area contributed by atoms with Crippen LogP contribution in [-0.2, 0) is 4.74 Å². The fourth-order valence-corrected chi connectivity index (χ4v) is 1.08. The molecule has 60 valence electrons. The van der Waals surface area contributed by atoms with Crippen molar-refractivity contribution in [3.8, 4) is 0 Å². The van der Waals surface area contributed by atoms with Crippen LogP contribution in [0, 0.1) is 0 Å². The van der Waals surface area contributed by atoms with Gasteiger partial charge in [0.25, 0.3) is 0 Å². The fraction of sp³-hybridized carbons (Fsp3) is 0.333. The molecule has 1 heterocycles. The monoisotopic (exact) mass is 218 g/mol. The number of halogens is 1. The fourth-order valence-electron chi connectivity index (χ4n) is 0.672. The van der Waals surface area contributed by atoms with E-state index in [4.69, 9.17) is 0 Å². The molecule has 1 aliphatic heterocycles. The van der Waals surface area contributed by atoms with E-state index >= 15 is 0 Å². The maximum Gasteiger partial charge on any atom is 0.415 e. The van der Waals surface area contributed by atoms with Gasteiger partial charge in [-0.25, -0.2) is 9.79 Å². The zero-order valence-corrected chi connectivity index (χ0v) is 7.54. The summed E-state index contributed by atoms with van der Waals surface area (Å²) >= 11 is 3.12. The Labute approximate surface area is 72.7 Å². The van der Waals surface area contributed by atoms with Gasteiger partial charge in [0.2, 0.25) is 0 Å². The van der Waals surface area contributed by atoms with Crippen molar-refractivity contribution in [1.29, 1.82) is 0 Å². The molecule has 0 aromatic carbocycles. The summed E-state index contributed by atoms with van der Waals surface area (Å²) in [6, 6.07) is 0. The lowest BCUT2D eigenvalue weighted by atomic mass is 10.5. The Balaban J connectivity index is 2.68. The van der Waals surface area contributed by atoms with Crippen LogP contribution in [0.3, 0.4) is 0 Å². The number of amides is 1. The number of carbonyl (C=O) groups is 1. The van der Waals surface area contributed by atoms with Crippen LogP contribution in [0.4, 0.5) is 4.79 Å². The number of hydrogen-bond donors (Lipinski definition) is 0. The average Bonchev–Trinajstić information content (AvgIpc) is 2.04. The third-order valence-electron chi connectivity index (χ3n) is 1.19. The molecule has 0 saturated carbocycles. The van der Waals surface area contributed by atoms with Crippen LogP contribution >= 0.6 is 15.9 Å². The number of carbonyl (C=O) groups excluding carboxylic acids is 1. The van der Waals surface area contributed by atoms with Gasteiger partial charge in [0, 0.05) is 6.20 Å². The zero-order valence-electron chi connectivity index (χ0n) is 5.95. The third-order valence-corrected chi connectivity index (χ3v) is 1.83. The molecule has 0 fully saturated rings. The van der Waals surface area contributed by atoms with Crippen LogP contribution in [0.15, 0.2) is 17.3 Å². The van der Waals surface area contributed by atoms with Gasteiger partial charge in [0.15, 0.2) is 4.74 Å². The summed E-state index contributed by atoms with van der Waals surface area (Å²) in [5.41, 5.74) is 0. The highest BCUT2D eigenvalue weighted by Crippen LogP contribution is 2.06. The average molecular weight is 219 g/mol. The highest BCUT2D eigenvalue weighted by atomic mass is 79.9. The Hall–Kier alpha value is -0.840. The first-order valence-electron chi connectivity index (χ1n) is 2.99. The minimum absolute atomic E-state index is 0.412. The Morgan fingerprint density at radius 1 is 1.91 bits per heavy atom. The minimum atomic E-state index is -0.412. The highest BCUT2D eigenvalue weighted by molar-refractivity contribution is 9.18. The van der Waals surface area contributed by atoms with E-state index in [1.54, 1.807) is 12.3 Å². The quantitative estimate of drug-likeness (QED) is 0.576. The van der Waals surface area contributed by atoms with Gasteiger partial charge in [-0.1, -0.05) is 0 Å². The van der Waals surface area contributed by atoms with E-state index in [1.165, 1.54) is 12.0 Å². The number of amidine groups is 1. The van der Waals surface area contributed by atoms with Crippen molar-refractivity contribution in [1.82, 2.24) is 4.90 Å². The Kier molecular flexibility index (Phi) is 2.64. The predicted molar refractivity (Wildman–Crippen MR) is 44.6 cm³/mol. The van der Waals surface area contributed by atoms with E-state index in [2.05, 4.69) is 25.7 Å². The lowest BCUT2D eigenvalue weighted by Gasteiger charge is -2.18. The van der Waals surface area contributed by atoms with Crippen LogP contribution < -0.4 is 0 Å². The first-order chi connectivity index (χ1) is 5.25. The molecule has 4 nitrogen and oxygen atoms in total. The molecule has 0 aromatic rings. The lowest BCUT2D eigenvalue weighted by molar-refractivity contribution is 0.149. The zero-order chi connectivity index (χ0) is 8.27. The predicted octanol–water partition coefficient (Wildman–Crippen LogP) is 1.33.